The zero-order chi connectivity index (χ0) is 16.6. The van der Waals surface area contributed by atoms with E-state index >= 15 is 0 Å². The molecule has 0 amide bonds. The van der Waals surface area contributed by atoms with Gasteiger partial charge in [-0.15, -0.1) is 12.4 Å². The highest BCUT2D eigenvalue weighted by atomic mass is 35.5. The molecule has 0 spiro atoms. The van der Waals surface area contributed by atoms with Crippen molar-refractivity contribution < 1.29 is 26.7 Å². The van der Waals surface area contributed by atoms with Gasteiger partial charge in [-0.25, -0.2) is 13.1 Å². The Morgan fingerprint density at radius 1 is 1.26 bits per heavy atom. The second-order valence-electron chi connectivity index (χ2n) is 4.11. The molecule has 0 aliphatic heterocycles. The topological polar surface area (TPSA) is 76.7 Å². The van der Waals surface area contributed by atoms with Crippen LogP contribution in [0.15, 0.2) is 23.1 Å². The normalized spacial score (nSPS) is 11.3. The van der Waals surface area contributed by atoms with Crippen LogP contribution >= 0.6 is 24.0 Å². The van der Waals surface area contributed by atoms with Gasteiger partial charge in [-0.1, -0.05) is 11.6 Å². The number of hydrogen-bond donors (Lipinski definition) is 2. The van der Waals surface area contributed by atoms with Crippen molar-refractivity contribution in [2.24, 2.45) is 0 Å². The number of alkyl halides is 2. The van der Waals surface area contributed by atoms with Crippen LogP contribution in [-0.2, 0) is 14.8 Å². The molecule has 0 unspecified atom stereocenters. The van der Waals surface area contributed by atoms with E-state index in [9.17, 15) is 17.2 Å². The minimum Gasteiger partial charge on any atom is -0.433 e. The summed E-state index contributed by atoms with van der Waals surface area (Å²) in [6, 6.07) is 3.28. The molecule has 11 heteroatoms. The molecule has 0 bridgehead atoms. The maximum atomic E-state index is 12.1. The predicted molar refractivity (Wildman–Crippen MR) is 85.3 cm³/mol. The molecule has 1 rings (SSSR count). The largest absolute Gasteiger partial charge is 0.433 e. The highest BCUT2D eigenvalue weighted by Crippen LogP contribution is 2.28. The van der Waals surface area contributed by atoms with Crippen LogP contribution in [0.5, 0.6) is 5.75 Å². The van der Waals surface area contributed by atoms with Crippen LogP contribution < -0.4 is 14.8 Å². The van der Waals surface area contributed by atoms with Crippen LogP contribution in [0.1, 0.15) is 0 Å². The number of hydrogen-bond acceptors (Lipinski definition) is 5. The average molecular weight is 395 g/mol. The quantitative estimate of drug-likeness (QED) is 0.592. The summed E-state index contributed by atoms with van der Waals surface area (Å²) >= 11 is 5.72. The second-order valence-corrected chi connectivity index (χ2v) is 6.29. The van der Waals surface area contributed by atoms with Crippen molar-refractivity contribution in [2.75, 3.05) is 33.4 Å². The third kappa shape index (κ3) is 8.09. The zero-order valence-corrected chi connectivity index (χ0v) is 14.6. The Morgan fingerprint density at radius 2 is 1.96 bits per heavy atom. The third-order valence-electron chi connectivity index (χ3n) is 2.51. The lowest BCUT2D eigenvalue weighted by Gasteiger charge is -2.10. The van der Waals surface area contributed by atoms with Crippen LogP contribution in [0.3, 0.4) is 0 Å². The van der Waals surface area contributed by atoms with Crippen LogP contribution in [0.25, 0.3) is 0 Å². The first-order valence-electron chi connectivity index (χ1n) is 6.30. The first kappa shape index (κ1) is 22.3. The number of benzene rings is 1. The summed E-state index contributed by atoms with van der Waals surface area (Å²) in [5, 5.41) is 2.76. The van der Waals surface area contributed by atoms with Gasteiger partial charge in [0.15, 0.2) is 0 Å². The number of nitrogens with one attached hydrogen (secondary N) is 2. The Labute approximate surface area is 144 Å². The van der Waals surface area contributed by atoms with Crippen molar-refractivity contribution in [1.82, 2.24) is 10.0 Å². The van der Waals surface area contributed by atoms with Crippen molar-refractivity contribution in [3.05, 3.63) is 23.2 Å². The summed E-state index contributed by atoms with van der Waals surface area (Å²) in [7, 11) is -2.20. The fourth-order valence-corrected chi connectivity index (χ4v) is 2.84. The molecule has 0 aromatic heterocycles. The van der Waals surface area contributed by atoms with Gasteiger partial charge in [0, 0.05) is 26.7 Å². The number of rotatable bonds is 10. The number of sulfonamides is 1. The molecule has 0 aliphatic rings. The molecule has 0 fully saturated rings. The highest BCUT2D eigenvalue weighted by molar-refractivity contribution is 7.89. The molecule has 23 heavy (non-hydrogen) atoms. The summed E-state index contributed by atoms with van der Waals surface area (Å²) in [5.74, 6) is -0.281. The molecule has 134 valence electrons. The van der Waals surface area contributed by atoms with Gasteiger partial charge in [0.2, 0.25) is 10.0 Å². The Kier molecular flexibility index (Phi) is 10.6. The number of halogens is 4. The number of ether oxygens (including phenoxy) is 2. The lowest BCUT2D eigenvalue weighted by atomic mass is 10.3. The monoisotopic (exact) mass is 394 g/mol. The van der Waals surface area contributed by atoms with E-state index in [4.69, 9.17) is 16.3 Å². The molecule has 0 saturated heterocycles. The Bertz CT molecular complexity index is 576. The second kappa shape index (κ2) is 11.0. The smallest absolute Gasteiger partial charge is 0.387 e. The molecule has 6 nitrogen and oxygen atoms in total. The lowest BCUT2D eigenvalue weighted by molar-refractivity contribution is -0.0498. The standard InChI is InChI=1S/C12H17ClF2N2O4S.ClH/c1-20-7-6-16-4-5-17-22(18,19)9-2-3-11(10(13)8-9)21-12(14)15;/h2-3,8,12,16-17H,4-7H2,1H3;1H. The minimum atomic E-state index is -3.77. The van der Waals surface area contributed by atoms with Gasteiger partial charge in [-0.3, -0.25) is 0 Å². The van der Waals surface area contributed by atoms with E-state index in [0.717, 1.165) is 18.2 Å². The molecule has 0 atom stereocenters. The first-order valence-corrected chi connectivity index (χ1v) is 8.16. The van der Waals surface area contributed by atoms with E-state index in [1.165, 1.54) is 0 Å². The molecular formula is C12H18Cl2F2N2O4S. The summed E-state index contributed by atoms with van der Waals surface area (Å²) in [6.45, 7) is -1.32. The Morgan fingerprint density at radius 3 is 2.52 bits per heavy atom. The van der Waals surface area contributed by atoms with Gasteiger partial charge in [0.05, 0.1) is 16.5 Å². The molecule has 1 aromatic carbocycles. The maximum Gasteiger partial charge on any atom is 0.387 e. The summed E-state index contributed by atoms with van der Waals surface area (Å²) in [4.78, 5) is -0.129. The van der Waals surface area contributed by atoms with Crippen LogP contribution in [-0.4, -0.2) is 48.4 Å². The third-order valence-corrected chi connectivity index (χ3v) is 4.26. The fourth-order valence-electron chi connectivity index (χ4n) is 1.50. The molecule has 0 saturated carbocycles. The first-order chi connectivity index (χ1) is 10.4. The minimum absolute atomic E-state index is 0. The van der Waals surface area contributed by atoms with E-state index in [2.05, 4.69) is 14.8 Å². The molecular weight excluding hydrogens is 377 g/mol. The van der Waals surface area contributed by atoms with Crippen molar-refractivity contribution in [1.29, 1.82) is 0 Å². The van der Waals surface area contributed by atoms with E-state index in [-0.39, 0.29) is 34.6 Å². The van der Waals surface area contributed by atoms with Gasteiger partial charge < -0.3 is 14.8 Å². The van der Waals surface area contributed by atoms with Gasteiger partial charge >= 0.3 is 6.61 Å². The van der Waals surface area contributed by atoms with Crippen LogP contribution in [0.2, 0.25) is 5.02 Å². The maximum absolute atomic E-state index is 12.1. The molecule has 2 N–H and O–H groups in total. The highest BCUT2D eigenvalue weighted by Gasteiger charge is 2.16. The summed E-state index contributed by atoms with van der Waals surface area (Å²) in [5.41, 5.74) is 0. The van der Waals surface area contributed by atoms with Crippen LogP contribution in [0.4, 0.5) is 8.78 Å². The van der Waals surface area contributed by atoms with Crippen molar-refractivity contribution >= 4 is 34.0 Å². The van der Waals surface area contributed by atoms with E-state index in [0.29, 0.717) is 19.7 Å². The predicted octanol–water partition coefficient (Wildman–Crippen LogP) is 1.88. The van der Waals surface area contributed by atoms with Gasteiger partial charge in [0.1, 0.15) is 5.75 Å². The fraction of sp³-hybridized carbons (Fsp3) is 0.500. The zero-order valence-electron chi connectivity index (χ0n) is 12.2. The van der Waals surface area contributed by atoms with Crippen molar-refractivity contribution in [3.8, 4) is 5.75 Å². The Hall–Kier alpha value is -0.710. The Balaban J connectivity index is 0.00000484. The van der Waals surface area contributed by atoms with Crippen molar-refractivity contribution in [3.63, 3.8) is 0 Å². The summed E-state index contributed by atoms with van der Waals surface area (Å²) in [6.07, 6.45) is 0. The molecule has 0 aliphatic carbocycles. The van der Waals surface area contributed by atoms with E-state index in [1.54, 1.807) is 7.11 Å². The SMILES string of the molecule is COCCNCCNS(=O)(=O)c1ccc(OC(F)F)c(Cl)c1.Cl. The van der Waals surface area contributed by atoms with Gasteiger partial charge in [0.25, 0.3) is 0 Å². The lowest BCUT2D eigenvalue weighted by Crippen LogP contribution is -2.33. The molecule has 1 aromatic rings. The van der Waals surface area contributed by atoms with Crippen LogP contribution in [0, 0.1) is 0 Å². The van der Waals surface area contributed by atoms with E-state index in [1.807, 2.05) is 0 Å². The van der Waals surface area contributed by atoms with E-state index < -0.39 is 16.6 Å². The average Bonchev–Trinajstić information content (AvgIpc) is 2.44. The number of methoxy groups -OCH3 is 1. The summed E-state index contributed by atoms with van der Waals surface area (Å²) < 4.78 is 59.5. The molecule has 0 radical (unpaired) electrons. The van der Waals surface area contributed by atoms with Gasteiger partial charge in [-0.05, 0) is 18.2 Å². The van der Waals surface area contributed by atoms with Gasteiger partial charge in [-0.2, -0.15) is 8.78 Å². The van der Waals surface area contributed by atoms with Crippen molar-refractivity contribution in [2.45, 2.75) is 11.5 Å². The molecule has 0 heterocycles.